The summed E-state index contributed by atoms with van der Waals surface area (Å²) < 4.78 is 26.6. The van der Waals surface area contributed by atoms with E-state index in [-0.39, 0.29) is 46.7 Å². The highest BCUT2D eigenvalue weighted by atomic mass is 32.1. The van der Waals surface area contributed by atoms with Gasteiger partial charge in [0.2, 0.25) is 0 Å². The molecule has 1 aliphatic heterocycles. The van der Waals surface area contributed by atoms with Gasteiger partial charge in [-0.3, -0.25) is 14.9 Å². The average molecular weight is 483 g/mol. The van der Waals surface area contributed by atoms with Crippen LogP contribution in [0.1, 0.15) is 40.5 Å². The number of piperidine rings is 1. The largest absolute Gasteiger partial charge is 0.365 e. The summed E-state index contributed by atoms with van der Waals surface area (Å²) in [6.45, 7) is 1.45. The maximum Gasteiger partial charge on any atom is 0.365 e. The predicted molar refractivity (Wildman–Crippen MR) is 114 cm³/mol. The van der Waals surface area contributed by atoms with Gasteiger partial charge in [0.25, 0.3) is 11.8 Å². The van der Waals surface area contributed by atoms with Crippen molar-refractivity contribution in [3.63, 3.8) is 0 Å². The Labute approximate surface area is 190 Å². The van der Waals surface area contributed by atoms with E-state index in [0.717, 1.165) is 11.3 Å². The van der Waals surface area contributed by atoms with Crippen molar-refractivity contribution >= 4 is 40.0 Å². The Kier molecular flexibility index (Phi) is 7.48. The highest BCUT2D eigenvalue weighted by molar-refractivity contribution is 7.14. The molecule has 3 rings (SSSR count). The lowest BCUT2D eigenvalue weighted by atomic mass is 10.1. The van der Waals surface area contributed by atoms with Crippen molar-refractivity contribution in [2.24, 2.45) is 0 Å². The molecule has 176 valence electrons. The summed E-state index contributed by atoms with van der Waals surface area (Å²) >= 11 is 1.07. The first kappa shape index (κ1) is 24.0. The molecule has 0 saturated carbocycles. The maximum atomic E-state index is 13.3. The molecule has 1 aliphatic rings. The fourth-order valence-electron chi connectivity index (χ4n) is 2.92. The van der Waals surface area contributed by atoms with Gasteiger partial charge in [0.05, 0.1) is 5.56 Å². The first-order valence-corrected chi connectivity index (χ1v) is 10.8. The van der Waals surface area contributed by atoms with Crippen LogP contribution < -0.4 is 16.1 Å². The van der Waals surface area contributed by atoms with E-state index in [1.165, 1.54) is 29.3 Å². The van der Waals surface area contributed by atoms with Gasteiger partial charge in [-0.2, -0.15) is 0 Å². The third-order valence-corrected chi connectivity index (χ3v) is 5.45. The zero-order chi connectivity index (χ0) is 24.0. The van der Waals surface area contributed by atoms with Crippen molar-refractivity contribution in [3.8, 4) is 0 Å². The molecule has 0 atom stereocenters. The highest BCUT2D eigenvalue weighted by Gasteiger charge is 2.35. The summed E-state index contributed by atoms with van der Waals surface area (Å²) in [5, 5.41) is 6.73. The van der Waals surface area contributed by atoms with E-state index in [1.54, 1.807) is 12.3 Å². The Bertz CT molecular complexity index is 1050. The number of nitrogens with one attached hydrogen (secondary N) is 3. The minimum Gasteiger partial charge on any atom is -0.324 e. The van der Waals surface area contributed by atoms with Crippen molar-refractivity contribution in [2.45, 2.75) is 25.7 Å². The first-order chi connectivity index (χ1) is 15.7. The molecule has 0 aromatic carbocycles. The molecule has 33 heavy (non-hydrogen) atoms. The molecule has 0 spiro atoms. The molecule has 2 aromatic heterocycles. The summed E-state index contributed by atoms with van der Waals surface area (Å²) in [6, 6.07) is 3.54. The van der Waals surface area contributed by atoms with Crippen LogP contribution in [0.2, 0.25) is 0 Å². The van der Waals surface area contributed by atoms with Gasteiger partial charge in [-0.25, -0.2) is 23.4 Å². The lowest BCUT2D eigenvalue weighted by molar-refractivity contribution is -0.833. The number of carbonyl (C=O) groups is 3. The van der Waals surface area contributed by atoms with Crippen LogP contribution in [-0.4, -0.2) is 58.4 Å². The molecule has 1 fully saturated rings. The molecule has 3 heterocycles. The number of aromatic nitrogens is 1. The molecule has 14 heteroatoms. The molecule has 3 N–H and O–H groups in total. The average Bonchev–Trinajstić information content (AvgIpc) is 3.22. The SMILES string of the molecule is CCO[N+](=O)NC(=O)c1ccsc1NC(=O)c1ccnc(NC(=O)N2CCC(F)(F)CC2)c1. The monoisotopic (exact) mass is 483 g/mol. The van der Waals surface area contributed by atoms with E-state index in [2.05, 4.69) is 20.5 Å². The molecule has 11 nitrogen and oxygen atoms in total. The van der Waals surface area contributed by atoms with Crippen LogP contribution in [0.5, 0.6) is 0 Å². The van der Waals surface area contributed by atoms with Gasteiger partial charge in [0.15, 0.2) is 6.61 Å². The Hall–Kier alpha value is -3.68. The summed E-state index contributed by atoms with van der Waals surface area (Å²) in [4.78, 5) is 58.4. The van der Waals surface area contributed by atoms with E-state index in [1.807, 2.05) is 5.43 Å². The van der Waals surface area contributed by atoms with Gasteiger partial charge in [-0.15, -0.1) is 11.3 Å². The Morgan fingerprint density at radius 3 is 2.64 bits per heavy atom. The van der Waals surface area contributed by atoms with Gasteiger partial charge in [-0.1, -0.05) is 0 Å². The Morgan fingerprint density at radius 2 is 1.94 bits per heavy atom. The quantitative estimate of drug-likeness (QED) is 0.519. The second-order valence-corrected chi connectivity index (χ2v) is 7.85. The first-order valence-electron chi connectivity index (χ1n) is 9.88. The number of likely N-dealkylation sites (tertiary alicyclic amines) is 1. The molecular formula is C19H21F2N6O5S+. The Balaban J connectivity index is 1.63. The molecule has 1 saturated heterocycles. The van der Waals surface area contributed by atoms with Crippen molar-refractivity contribution in [1.82, 2.24) is 15.3 Å². The van der Waals surface area contributed by atoms with Crippen LogP contribution in [0.3, 0.4) is 0 Å². The number of nitrogens with zero attached hydrogens (tertiary/aromatic N) is 3. The van der Waals surface area contributed by atoms with Crippen LogP contribution in [0.4, 0.5) is 24.4 Å². The third kappa shape index (κ3) is 6.41. The highest BCUT2D eigenvalue weighted by Crippen LogP contribution is 2.28. The number of thiophene rings is 1. The second kappa shape index (κ2) is 10.3. The number of urea groups is 1. The molecular weight excluding hydrogens is 462 g/mol. The number of anilines is 2. The van der Waals surface area contributed by atoms with E-state index in [9.17, 15) is 28.1 Å². The maximum absolute atomic E-state index is 13.3. The van der Waals surface area contributed by atoms with E-state index in [0.29, 0.717) is 0 Å². The molecule has 0 unspecified atom stereocenters. The van der Waals surface area contributed by atoms with E-state index >= 15 is 0 Å². The topological polar surface area (TPSA) is 133 Å². The number of alkyl halides is 2. The van der Waals surface area contributed by atoms with Crippen LogP contribution >= 0.6 is 11.3 Å². The van der Waals surface area contributed by atoms with Crippen LogP contribution in [0.25, 0.3) is 0 Å². The number of hydrogen-bond donors (Lipinski definition) is 3. The molecule has 2 aromatic rings. The van der Waals surface area contributed by atoms with Crippen molar-refractivity contribution in [1.29, 1.82) is 0 Å². The minimum absolute atomic E-state index is 0.0541. The van der Waals surface area contributed by atoms with Crippen LogP contribution in [-0.2, 0) is 4.84 Å². The minimum atomic E-state index is -2.78. The number of hydrogen-bond acceptors (Lipinski definition) is 7. The smallest absolute Gasteiger partial charge is 0.324 e. The lowest BCUT2D eigenvalue weighted by Gasteiger charge is -2.31. The fraction of sp³-hybridized carbons (Fsp3) is 0.368. The standard InChI is InChI=1S/C19H20F2N6O5S/c1-2-32-27(31)25-16(29)13-4-10-33-17(13)24-15(28)12-3-7-22-14(11-12)23-18(30)26-8-5-19(20,21)6-9-26/h3-4,7,10-11H,2,5-6,8-9H2,1H3,(H2-,22,23,24,25,28,29,30,31)/p+1. The number of amides is 4. The number of halogens is 2. The second-order valence-electron chi connectivity index (χ2n) is 6.94. The van der Waals surface area contributed by atoms with Crippen molar-refractivity contribution in [3.05, 3.63) is 45.8 Å². The van der Waals surface area contributed by atoms with Gasteiger partial charge in [-0.05, 0) is 35.9 Å². The lowest BCUT2D eigenvalue weighted by Crippen LogP contribution is -2.44. The molecule has 0 aliphatic carbocycles. The number of rotatable bonds is 7. The summed E-state index contributed by atoms with van der Waals surface area (Å²) in [5.74, 6) is -4.08. The third-order valence-electron chi connectivity index (χ3n) is 4.62. The van der Waals surface area contributed by atoms with Gasteiger partial charge >= 0.3 is 17.0 Å². The zero-order valence-corrected chi connectivity index (χ0v) is 18.3. The normalized spacial score (nSPS) is 14.8. The fourth-order valence-corrected chi connectivity index (χ4v) is 3.70. The van der Waals surface area contributed by atoms with Crippen LogP contribution in [0.15, 0.2) is 29.8 Å². The summed E-state index contributed by atoms with van der Waals surface area (Å²) in [6.07, 6.45) is 0.470. The Morgan fingerprint density at radius 1 is 1.21 bits per heavy atom. The van der Waals surface area contributed by atoms with Gasteiger partial charge in [0.1, 0.15) is 15.7 Å². The van der Waals surface area contributed by atoms with Gasteiger partial charge in [0, 0.05) is 37.7 Å². The molecule has 0 radical (unpaired) electrons. The van der Waals surface area contributed by atoms with Crippen molar-refractivity contribution < 1.29 is 33.0 Å². The molecule has 4 amide bonds. The van der Waals surface area contributed by atoms with Gasteiger partial charge < -0.3 is 10.2 Å². The number of carbonyl (C=O) groups excluding carboxylic acids is 3. The predicted octanol–water partition coefficient (Wildman–Crippen LogP) is 3.03. The number of hydrazine groups is 1. The van der Waals surface area contributed by atoms with Crippen LogP contribution in [0, 0.1) is 4.91 Å². The van der Waals surface area contributed by atoms with Crippen molar-refractivity contribution in [2.75, 3.05) is 30.3 Å². The van der Waals surface area contributed by atoms with E-state index < -0.39 is 36.6 Å². The summed E-state index contributed by atoms with van der Waals surface area (Å²) in [7, 11) is 0. The zero-order valence-electron chi connectivity index (χ0n) is 17.5. The number of pyridine rings is 1. The molecule has 0 bridgehead atoms. The van der Waals surface area contributed by atoms with E-state index in [4.69, 9.17) is 0 Å². The summed E-state index contributed by atoms with van der Waals surface area (Å²) in [5.41, 5.74) is 2.15.